The third-order valence-corrected chi connectivity index (χ3v) is 4.96. The fourth-order valence-corrected chi connectivity index (χ4v) is 3.57. The van der Waals surface area contributed by atoms with Gasteiger partial charge in [0.15, 0.2) is 0 Å². The van der Waals surface area contributed by atoms with Crippen LogP contribution in [0, 0.1) is 18.8 Å². The summed E-state index contributed by atoms with van der Waals surface area (Å²) in [7, 11) is 0. The van der Waals surface area contributed by atoms with Gasteiger partial charge in [0.05, 0.1) is 12.2 Å². The van der Waals surface area contributed by atoms with E-state index in [1.165, 1.54) is 5.56 Å². The Bertz CT molecular complexity index is 717. The number of rotatable bonds is 9. The molecule has 0 aromatic heterocycles. The van der Waals surface area contributed by atoms with Crippen molar-refractivity contribution >= 4 is 17.8 Å². The van der Waals surface area contributed by atoms with E-state index in [0.29, 0.717) is 12.8 Å². The summed E-state index contributed by atoms with van der Waals surface area (Å²) in [5.74, 6) is -0.382. The lowest BCUT2D eigenvalue weighted by atomic mass is 9.90. The largest absolute Gasteiger partial charge is 0.463 e. The second-order valence-corrected chi connectivity index (χ2v) is 7.83. The highest BCUT2D eigenvalue weighted by Gasteiger charge is 2.39. The Morgan fingerprint density at radius 1 is 1.32 bits per heavy atom. The first-order chi connectivity index (χ1) is 13.4. The monoisotopic (exact) mass is 384 g/mol. The van der Waals surface area contributed by atoms with Gasteiger partial charge >= 0.3 is 5.97 Å². The summed E-state index contributed by atoms with van der Waals surface area (Å²) in [4.78, 5) is 23.8. The van der Waals surface area contributed by atoms with Crippen molar-refractivity contribution in [3.05, 3.63) is 53.6 Å². The number of carbonyl (C=O) groups excluding carboxylic acids is 2. The molecule has 0 bridgehead atoms. The molecule has 1 aromatic rings. The normalized spacial score (nSPS) is 22.6. The number of aliphatic hydroxyl groups excluding tert-OH is 1. The molecule has 3 atom stereocenters. The summed E-state index contributed by atoms with van der Waals surface area (Å²) in [6, 6.07) is 8.15. The Labute approximate surface area is 168 Å². The predicted octanol–water partition coefficient (Wildman–Crippen LogP) is 4.64. The Balaban J connectivity index is 1.84. The number of carbonyl (C=O) groups is 2. The van der Waals surface area contributed by atoms with Gasteiger partial charge in [-0.1, -0.05) is 54.1 Å². The smallest absolute Gasteiger partial charge is 0.306 e. The van der Waals surface area contributed by atoms with Gasteiger partial charge in [-0.15, -0.1) is 0 Å². The van der Waals surface area contributed by atoms with Gasteiger partial charge in [-0.05, 0) is 45.6 Å². The van der Waals surface area contributed by atoms with Crippen LogP contribution in [0.5, 0.6) is 0 Å². The van der Waals surface area contributed by atoms with Crippen molar-refractivity contribution in [3.63, 3.8) is 0 Å². The number of aliphatic hydroxyl groups is 1. The van der Waals surface area contributed by atoms with E-state index in [2.05, 4.69) is 6.07 Å². The van der Waals surface area contributed by atoms with Crippen molar-refractivity contribution in [2.24, 2.45) is 11.8 Å². The van der Waals surface area contributed by atoms with E-state index in [4.69, 9.17) is 4.74 Å². The van der Waals surface area contributed by atoms with Gasteiger partial charge in [0, 0.05) is 24.7 Å². The van der Waals surface area contributed by atoms with Crippen LogP contribution in [0.2, 0.25) is 0 Å². The Morgan fingerprint density at radius 2 is 2.11 bits per heavy atom. The van der Waals surface area contributed by atoms with E-state index in [9.17, 15) is 14.7 Å². The molecule has 0 heterocycles. The average Bonchev–Trinajstić information content (AvgIpc) is 2.88. The maximum atomic E-state index is 12.3. The zero-order chi connectivity index (χ0) is 20.5. The minimum absolute atomic E-state index is 0.0763. The summed E-state index contributed by atoms with van der Waals surface area (Å²) in [5, 5.41) is 10.3. The number of hydrogen-bond donors (Lipinski definition) is 1. The summed E-state index contributed by atoms with van der Waals surface area (Å²) in [5.41, 5.74) is 2.26. The number of ketones is 1. The minimum atomic E-state index is -0.613. The molecule has 0 amide bonds. The number of aryl methyl sites for hydroxylation is 1. The highest BCUT2D eigenvalue weighted by molar-refractivity contribution is 5.85. The maximum Gasteiger partial charge on any atom is 0.306 e. The fourth-order valence-electron chi connectivity index (χ4n) is 3.57. The molecule has 1 fully saturated rings. The first kappa shape index (κ1) is 22.1. The first-order valence-electron chi connectivity index (χ1n) is 10.2. The van der Waals surface area contributed by atoms with E-state index in [1.54, 1.807) is 0 Å². The lowest BCUT2D eigenvalue weighted by molar-refractivity contribution is -0.147. The van der Waals surface area contributed by atoms with Crippen LogP contribution in [0.1, 0.15) is 57.1 Å². The quantitative estimate of drug-likeness (QED) is 0.383. The van der Waals surface area contributed by atoms with E-state index in [1.807, 2.05) is 63.3 Å². The van der Waals surface area contributed by atoms with Gasteiger partial charge < -0.3 is 9.84 Å². The molecule has 0 unspecified atom stereocenters. The summed E-state index contributed by atoms with van der Waals surface area (Å²) >= 11 is 0. The Kier molecular flexibility index (Phi) is 8.65. The number of benzene rings is 1. The van der Waals surface area contributed by atoms with Crippen LogP contribution < -0.4 is 0 Å². The molecular weight excluding hydrogens is 352 g/mol. The lowest BCUT2D eigenvalue weighted by Crippen LogP contribution is -2.17. The van der Waals surface area contributed by atoms with E-state index in [0.717, 1.165) is 18.4 Å². The Morgan fingerprint density at radius 3 is 2.82 bits per heavy atom. The number of ether oxygens (including phenoxy) is 1. The van der Waals surface area contributed by atoms with E-state index in [-0.39, 0.29) is 36.1 Å². The number of allylic oxidation sites excluding steroid dienone is 2. The topological polar surface area (TPSA) is 63.6 Å². The maximum absolute atomic E-state index is 12.3. The third-order valence-electron chi connectivity index (χ3n) is 4.96. The van der Waals surface area contributed by atoms with E-state index < -0.39 is 6.10 Å². The minimum Gasteiger partial charge on any atom is -0.463 e. The van der Waals surface area contributed by atoms with Crippen LogP contribution >= 0.6 is 0 Å². The molecule has 1 aliphatic carbocycles. The molecule has 0 radical (unpaired) electrons. The molecule has 1 aromatic carbocycles. The van der Waals surface area contributed by atoms with Gasteiger partial charge in [-0.3, -0.25) is 9.59 Å². The van der Waals surface area contributed by atoms with Crippen molar-refractivity contribution in [1.82, 2.24) is 0 Å². The molecule has 0 spiro atoms. The van der Waals surface area contributed by atoms with Crippen molar-refractivity contribution in [3.8, 4) is 0 Å². The fraction of sp³-hybridized carbons (Fsp3) is 0.500. The zero-order valence-corrected chi connectivity index (χ0v) is 17.1. The SMILES string of the molecule is Cc1cccc(/C=C/[C@H]2[C@H](O)CC(=O)[C@@H]2C/C=C\CCCC(=O)OC(C)C)c1. The van der Waals surface area contributed by atoms with Gasteiger partial charge in [0.1, 0.15) is 5.78 Å². The highest BCUT2D eigenvalue weighted by Crippen LogP contribution is 2.33. The molecule has 2 rings (SSSR count). The second-order valence-electron chi connectivity index (χ2n) is 7.83. The highest BCUT2D eigenvalue weighted by atomic mass is 16.5. The van der Waals surface area contributed by atoms with Crippen LogP contribution in [0.15, 0.2) is 42.5 Å². The predicted molar refractivity (Wildman–Crippen MR) is 112 cm³/mol. The average molecular weight is 385 g/mol. The van der Waals surface area contributed by atoms with Gasteiger partial charge in [0.25, 0.3) is 0 Å². The van der Waals surface area contributed by atoms with Gasteiger partial charge in [0.2, 0.25) is 0 Å². The molecule has 4 nitrogen and oxygen atoms in total. The molecule has 1 saturated carbocycles. The van der Waals surface area contributed by atoms with Crippen LogP contribution in [0.3, 0.4) is 0 Å². The van der Waals surface area contributed by atoms with Crippen LogP contribution in [-0.4, -0.2) is 29.1 Å². The van der Waals surface area contributed by atoms with Crippen molar-refractivity contribution in [2.45, 2.75) is 65.1 Å². The zero-order valence-electron chi connectivity index (χ0n) is 17.1. The summed E-state index contributed by atoms with van der Waals surface area (Å²) in [6.07, 6.45) is 10.1. The van der Waals surface area contributed by atoms with Crippen LogP contribution in [0.4, 0.5) is 0 Å². The molecule has 28 heavy (non-hydrogen) atoms. The van der Waals surface area contributed by atoms with Gasteiger partial charge in [-0.25, -0.2) is 0 Å². The van der Waals surface area contributed by atoms with Crippen molar-refractivity contribution < 1.29 is 19.4 Å². The third kappa shape index (κ3) is 7.08. The van der Waals surface area contributed by atoms with Crippen LogP contribution in [0.25, 0.3) is 6.08 Å². The molecule has 1 aliphatic rings. The van der Waals surface area contributed by atoms with Crippen molar-refractivity contribution in [2.75, 3.05) is 0 Å². The second kappa shape index (κ2) is 11.0. The molecule has 0 saturated heterocycles. The summed E-state index contributed by atoms with van der Waals surface area (Å²) < 4.78 is 5.11. The van der Waals surface area contributed by atoms with E-state index >= 15 is 0 Å². The summed E-state index contributed by atoms with van der Waals surface area (Å²) in [6.45, 7) is 5.73. The standard InChI is InChI=1S/C24H32O4/c1-17(2)28-24(27)12-7-5-4-6-11-20-21(23(26)16-22(20)25)14-13-19-10-8-9-18(3)15-19/h4,6,8-10,13-15,17,20-21,23,26H,5,7,11-12,16H2,1-3H3/b6-4-,14-13+/t20-,21-,23-/m1/s1. The number of esters is 1. The number of hydrogen-bond acceptors (Lipinski definition) is 4. The van der Waals surface area contributed by atoms with Gasteiger partial charge in [-0.2, -0.15) is 0 Å². The number of Topliss-reactive ketones (excluding diaryl/α,β-unsaturated/α-hetero) is 1. The number of unbranched alkanes of at least 4 members (excludes halogenated alkanes) is 1. The lowest BCUT2D eigenvalue weighted by Gasteiger charge is -2.16. The molecule has 152 valence electrons. The first-order valence-corrected chi connectivity index (χ1v) is 10.2. The Hall–Kier alpha value is -2.20. The van der Waals surface area contributed by atoms with Crippen LogP contribution in [-0.2, 0) is 14.3 Å². The molecular formula is C24H32O4. The molecule has 0 aliphatic heterocycles. The molecule has 4 heteroatoms. The molecule has 1 N–H and O–H groups in total. The van der Waals surface area contributed by atoms with Crippen molar-refractivity contribution in [1.29, 1.82) is 0 Å².